The third-order valence-corrected chi connectivity index (χ3v) is 9.66. The number of halogens is 4. The number of pyridine rings is 1. The average molecular weight is 557 g/mol. The molecule has 2 aliphatic rings. The topological polar surface area (TPSA) is 75.6 Å². The van der Waals surface area contributed by atoms with Crippen LogP contribution in [0.5, 0.6) is 5.75 Å². The molecular formula is C24H24F4N4O3S2. The Bertz CT molecular complexity index is 1350. The zero-order chi connectivity index (χ0) is 26.4. The molecule has 198 valence electrons. The molecule has 5 rings (SSSR count). The van der Waals surface area contributed by atoms with Gasteiger partial charge >= 0.3 is 6.18 Å². The molecule has 0 unspecified atom stereocenters. The van der Waals surface area contributed by atoms with Crippen LogP contribution < -0.4 is 9.04 Å². The Morgan fingerprint density at radius 2 is 1.95 bits per heavy atom. The molecule has 2 aromatic heterocycles. The molecule has 1 saturated heterocycles. The fourth-order valence-electron chi connectivity index (χ4n) is 5.05. The number of hydrogen-bond acceptors (Lipinski definition) is 7. The predicted molar refractivity (Wildman–Crippen MR) is 129 cm³/mol. The number of fused-ring (bicyclic) bond motifs is 1. The maximum atomic E-state index is 15.4. The number of piperidine rings is 1. The van der Waals surface area contributed by atoms with E-state index in [-0.39, 0.29) is 36.9 Å². The summed E-state index contributed by atoms with van der Waals surface area (Å²) < 4.78 is 89.3. The number of likely N-dealkylation sites (tertiary alicyclic amines) is 1. The molecule has 0 spiro atoms. The molecule has 37 heavy (non-hydrogen) atoms. The summed E-state index contributed by atoms with van der Waals surface area (Å²) in [5.74, 6) is -2.24. The van der Waals surface area contributed by atoms with Crippen molar-refractivity contribution in [2.75, 3.05) is 24.5 Å². The lowest BCUT2D eigenvalue weighted by Gasteiger charge is -2.45. The molecule has 7 nitrogen and oxygen atoms in total. The fraction of sp³-hybridized carbons (Fsp3) is 0.417. The van der Waals surface area contributed by atoms with Gasteiger partial charge in [-0.25, -0.2) is 22.1 Å². The summed E-state index contributed by atoms with van der Waals surface area (Å²) in [7, 11) is -2.98. The third-order valence-electron chi connectivity index (χ3n) is 6.94. The van der Waals surface area contributed by atoms with Crippen molar-refractivity contribution >= 4 is 26.5 Å². The van der Waals surface area contributed by atoms with E-state index in [1.807, 2.05) is 4.90 Å². The number of anilines is 1. The Labute approximate surface area is 215 Å². The molecular weight excluding hydrogens is 532 g/mol. The molecule has 3 aromatic rings. The Hall–Kier alpha value is -2.77. The van der Waals surface area contributed by atoms with Crippen LogP contribution in [-0.4, -0.2) is 49.7 Å². The second-order valence-corrected chi connectivity index (χ2v) is 11.8. The lowest BCUT2D eigenvalue weighted by Crippen LogP contribution is -2.44. The van der Waals surface area contributed by atoms with Gasteiger partial charge in [0.1, 0.15) is 16.5 Å². The summed E-state index contributed by atoms with van der Waals surface area (Å²) >= 11 is 1.10. The summed E-state index contributed by atoms with van der Waals surface area (Å²) in [6, 6.07) is 6.31. The van der Waals surface area contributed by atoms with Gasteiger partial charge in [-0.2, -0.15) is 13.2 Å². The predicted octanol–water partition coefficient (Wildman–Crippen LogP) is 5.34. The summed E-state index contributed by atoms with van der Waals surface area (Å²) in [5, 5.41) is 1.79. The maximum absolute atomic E-state index is 15.4. The van der Waals surface area contributed by atoms with E-state index in [0.717, 1.165) is 27.8 Å². The van der Waals surface area contributed by atoms with Crippen molar-refractivity contribution in [2.45, 2.75) is 42.4 Å². The van der Waals surface area contributed by atoms with Crippen LogP contribution in [0.2, 0.25) is 0 Å². The molecule has 1 aromatic carbocycles. The molecule has 0 radical (unpaired) electrons. The molecule has 0 aliphatic carbocycles. The van der Waals surface area contributed by atoms with Crippen LogP contribution in [0.4, 0.5) is 22.7 Å². The van der Waals surface area contributed by atoms with Gasteiger partial charge in [0.15, 0.2) is 5.13 Å². The molecule has 2 aliphatic heterocycles. The number of thiazole rings is 1. The van der Waals surface area contributed by atoms with Crippen LogP contribution in [0.1, 0.15) is 42.6 Å². The third kappa shape index (κ3) is 4.91. The van der Waals surface area contributed by atoms with Crippen LogP contribution >= 0.6 is 11.3 Å². The van der Waals surface area contributed by atoms with Crippen LogP contribution in [0.3, 0.4) is 0 Å². The van der Waals surface area contributed by atoms with Gasteiger partial charge in [-0.05, 0) is 31.0 Å². The number of alkyl halides is 3. The highest BCUT2D eigenvalue weighted by Crippen LogP contribution is 2.48. The van der Waals surface area contributed by atoms with Gasteiger partial charge in [-0.15, -0.1) is 11.3 Å². The highest BCUT2D eigenvalue weighted by Gasteiger charge is 2.47. The van der Waals surface area contributed by atoms with Gasteiger partial charge in [0.05, 0.1) is 24.3 Å². The van der Waals surface area contributed by atoms with E-state index in [1.165, 1.54) is 13.2 Å². The quantitative estimate of drug-likeness (QED) is 0.395. The van der Waals surface area contributed by atoms with E-state index < -0.39 is 44.9 Å². The summed E-state index contributed by atoms with van der Waals surface area (Å²) in [6.45, 7) is 0.337. The van der Waals surface area contributed by atoms with E-state index in [2.05, 4.69) is 9.97 Å². The van der Waals surface area contributed by atoms with E-state index in [9.17, 15) is 21.6 Å². The van der Waals surface area contributed by atoms with E-state index >= 15 is 4.39 Å². The van der Waals surface area contributed by atoms with Crippen LogP contribution in [0.15, 0.2) is 53.0 Å². The molecule has 4 heterocycles. The fourth-order valence-corrected chi connectivity index (χ4v) is 7.10. The minimum Gasteiger partial charge on any atom is -0.493 e. The zero-order valence-corrected chi connectivity index (χ0v) is 21.4. The van der Waals surface area contributed by atoms with E-state index in [1.54, 1.807) is 29.8 Å². The van der Waals surface area contributed by atoms with E-state index in [4.69, 9.17) is 4.74 Å². The summed E-state index contributed by atoms with van der Waals surface area (Å²) in [4.78, 5) is 9.67. The Balaban J connectivity index is 1.51. The first-order chi connectivity index (χ1) is 17.6. The smallest absolute Gasteiger partial charge is 0.391 e. The van der Waals surface area contributed by atoms with Gasteiger partial charge in [0.2, 0.25) is 0 Å². The molecule has 0 bridgehead atoms. The number of rotatable bonds is 5. The normalized spacial score (nSPS) is 22.8. The Morgan fingerprint density at radius 3 is 2.62 bits per heavy atom. The van der Waals surface area contributed by atoms with Crippen molar-refractivity contribution in [3.63, 3.8) is 0 Å². The number of hydrogen-bond donors (Lipinski definition) is 0. The lowest BCUT2D eigenvalue weighted by molar-refractivity contribution is -0.192. The largest absolute Gasteiger partial charge is 0.493 e. The Kier molecular flexibility index (Phi) is 6.88. The Morgan fingerprint density at radius 1 is 1.14 bits per heavy atom. The van der Waals surface area contributed by atoms with Crippen LogP contribution in [0, 0.1) is 11.7 Å². The van der Waals surface area contributed by atoms with Crippen molar-refractivity contribution in [1.82, 2.24) is 14.9 Å². The van der Waals surface area contributed by atoms with Crippen molar-refractivity contribution in [3.05, 3.63) is 65.2 Å². The molecule has 0 saturated carbocycles. The highest BCUT2D eigenvalue weighted by molar-refractivity contribution is 7.93. The van der Waals surface area contributed by atoms with Gasteiger partial charge in [-0.1, -0.05) is 6.07 Å². The standard InChI is InChI=1S/C24H24F4N4O3S2/c1-31(23-30-8-11-36-23)37(33,34)22-14-21-16(13-17(22)25)19(6-10-35-21)32-9-5-15(24(26,27)28)12-20(32)18-4-2-3-7-29-18/h2-4,7-8,11,13-15,19-20H,5-6,9-10,12H2,1H3/t15-,19-,20+/m1/s1. The van der Waals surface area contributed by atoms with Crippen molar-refractivity contribution in [2.24, 2.45) is 5.92 Å². The first-order valence-electron chi connectivity index (χ1n) is 11.7. The minimum absolute atomic E-state index is 0.0902. The summed E-state index contributed by atoms with van der Waals surface area (Å²) in [5.41, 5.74) is 0.917. The lowest BCUT2D eigenvalue weighted by atomic mass is 9.85. The molecule has 13 heteroatoms. The SMILES string of the molecule is CN(c1nccs1)S(=O)(=O)c1cc2c(cc1F)[C@H](N1CC[C@@H](C(F)(F)F)C[C@H]1c1ccccn1)CCO2. The number of aromatic nitrogens is 2. The number of sulfonamides is 1. The van der Waals surface area contributed by atoms with Crippen LogP contribution in [0.25, 0.3) is 0 Å². The van der Waals surface area contributed by atoms with Gasteiger partial charge in [0.25, 0.3) is 10.0 Å². The maximum Gasteiger partial charge on any atom is 0.391 e. The number of benzene rings is 1. The number of ether oxygens (including phenoxy) is 1. The van der Waals surface area contributed by atoms with Gasteiger partial charge in [-0.3, -0.25) is 9.88 Å². The monoisotopic (exact) mass is 556 g/mol. The first kappa shape index (κ1) is 25.9. The van der Waals surface area contributed by atoms with Crippen molar-refractivity contribution < 1.29 is 30.7 Å². The van der Waals surface area contributed by atoms with E-state index in [0.29, 0.717) is 17.7 Å². The molecule has 0 amide bonds. The van der Waals surface area contributed by atoms with Gasteiger partial charge in [0, 0.05) is 55.5 Å². The molecule has 0 N–H and O–H groups in total. The molecule has 1 fully saturated rings. The minimum atomic E-state index is -4.33. The van der Waals surface area contributed by atoms with Crippen molar-refractivity contribution in [1.29, 1.82) is 0 Å². The first-order valence-corrected chi connectivity index (χ1v) is 14.0. The highest BCUT2D eigenvalue weighted by atomic mass is 32.2. The second kappa shape index (κ2) is 9.84. The van der Waals surface area contributed by atoms with Crippen molar-refractivity contribution in [3.8, 4) is 5.75 Å². The zero-order valence-electron chi connectivity index (χ0n) is 19.7. The second-order valence-electron chi connectivity index (χ2n) is 9.03. The average Bonchev–Trinajstić information content (AvgIpc) is 3.42. The summed E-state index contributed by atoms with van der Waals surface area (Å²) in [6.07, 6.45) is -1.18. The molecule has 3 atom stereocenters. The van der Waals surface area contributed by atoms with Crippen LogP contribution in [-0.2, 0) is 10.0 Å². The number of nitrogens with zero attached hydrogens (tertiary/aromatic N) is 4. The van der Waals surface area contributed by atoms with Gasteiger partial charge < -0.3 is 4.74 Å².